The highest BCUT2D eigenvalue weighted by Gasteiger charge is 2.10. The number of rotatable bonds is 2. The third-order valence-electron chi connectivity index (χ3n) is 3.43. The number of hydrogen-bond acceptors (Lipinski definition) is 2. The molecule has 0 fully saturated rings. The molecule has 0 aliphatic rings. The second-order valence-corrected chi connectivity index (χ2v) is 5.35. The molecule has 2 heterocycles. The summed E-state index contributed by atoms with van der Waals surface area (Å²) in [7, 11) is 0. The lowest BCUT2D eigenvalue weighted by Crippen LogP contribution is -2.16. The van der Waals surface area contributed by atoms with Crippen molar-refractivity contribution in [3.05, 3.63) is 69.4 Å². The Balaban J connectivity index is 2.17. The molecule has 0 bridgehead atoms. The number of nitrogens with zero attached hydrogens (tertiary/aromatic N) is 2. The lowest BCUT2D eigenvalue weighted by atomic mass is 10.1. The van der Waals surface area contributed by atoms with E-state index in [0.717, 1.165) is 28.2 Å². The molecule has 21 heavy (non-hydrogen) atoms. The molecule has 0 atom stereocenters. The lowest BCUT2D eigenvalue weighted by Gasteiger charge is -2.09. The normalized spacial score (nSPS) is 10.8. The van der Waals surface area contributed by atoms with E-state index in [1.54, 1.807) is 22.8 Å². The SMILES string of the molecule is Cc1n[nH]c(C)c1-c1ccc(=O)n(-c2ccc(Cl)cc2)c1. The molecule has 1 aromatic carbocycles. The molecule has 4 nitrogen and oxygen atoms in total. The minimum Gasteiger partial charge on any atom is -0.284 e. The van der Waals surface area contributed by atoms with Crippen molar-refractivity contribution in [2.45, 2.75) is 13.8 Å². The maximum Gasteiger partial charge on any atom is 0.255 e. The third kappa shape index (κ3) is 2.50. The predicted octanol–water partition coefficient (Wildman–Crippen LogP) is 3.50. The Morgan fingerprint density at radius 3 is 2.43 bits per heavy atom. The Bertz CT molecular complexity index is 827. The molecule has 1 N–H and O–H groups in total. The van der Waals surface area contributed by atoms with E-state index in [9.17, 15) is 4.79 Å². The van der Waals surface area contributed by atoms with Gasteiger partial charge in [-0.3, -0.25) is 14.5 Å². The van der Waals surface area contributed by atoms with Crippen LogP contribution in [0.4, 0.5) is 0 Å². The van der Waals surface area contributed by atoms with Crippen LogP contribution in [0.25, 0.3) is 16.8 Å². The number of benzene rings is 1. The zero-order valence-corrected chi connectivity index (χ0v) is 12.5. The van der Waals surface area contributed by atoms with Crippen molar-refractivity contribution >= 4 is 11.6 Å². The number of H-pyrrole nitrogens is 1. The summed E-state index contributed by atoms with van der Waals surface area (Å²) >= 11 is 5.89. The fourth-order valence-electron chi connectivity index (χ4n) is 2.41. The fraction of sp³-hybridized carbons (Fsp3) is 0.125. The largest absolute Gasteiger partial charge is 0.284 e. The zero-order chi connectivity index (χ0) is 15.0. The lowest BCUT2D eigenvalue weighted by molar-refractivity contribution is 0.992. The molecule has 0 amide bonds. The number of halogens is 1. The van der Waals surface area contributed by atoms with Crippen molar-refractivity contribution in [2.24, 2.45) is 0 Å². The van der Waals surface area contributed by atoms with Gasteiger partial charge in [-0.2, -0.15) is 5.10 Å². The summed E-state index contributed by atoms with van der Waals surface area (Å²) in [5, 5.41) is 7.80. The fourth-order valence-corrected chi connectivity index (χ4v) is 2.54. The van der Waals surface area contributed by atoms with Crippen molar-refractivity contribution < 1.29 is 0 Å². The van der Waals surface area contributed by atoms with Gasteiger partial charge in [0.1, 0.15) is 0 Å². The maximum absolute atomic E-state index is 12.1. The predicted molar refractivity (Wildman–Crippen MR) is 84.1 cm³/mol. The van der Waals surface area contributed by atoms with E-state index in [1.165, 1.54) is 0 Å². The molecule has 3 aromatic rings. The molecule has 106 valence electrons. The first kappa shape index (κ1) is 13.6. The average Bonchev–Trinajstić information content (AvgIpc) is 2.80. The van der Waals surface area contributed by atoms with E-state index in [1.807, 2.05) is 38.2 Å². The molecule has 0 spiro atoms. The molecule has 0 saturated carbocycles. The van der Waals surface area contributed by atoms with E-state index in [-0.39, 0.29) is 5.56 Å². The Kier molecular flexibility index (Phi) is 3.39. The molecule has 0 unspecified atom stereocenters. The Morgan fingerprint density at radius 2 is 1.81 bits per heavy atom. The van der Waals surface area contributed by atoms with E-state index in [4.69, 9.17) is 11.6 Å². The van der Waals surface area contributed by atoms with Gasteiger partial charge in [-0.1, -0.05) is 11.6 Å². The monoisotopic (exact) mass is 299 g/mol. The standard InChI is InChI=1S/C16H14ClN3O/c1-10-16(11(2)19-18-10)12-3-8-15(21)20(9-12)14-6-4-13(17)5-7-14/h3-9H,1-2H3,(H,18,19). The molecular formula is C16H14ClN3O. The first-order chi connectivity index (χ1) is 10.1. The minimum absolute atomic E-state index is 0.0835. The van der Waals surface area contributed by atoms with Crippen molar-refractivity contribution in [2.75, 3.05) is 0 Å². The summed E-state index contributed by atoms with van der Waals surface area (Å²) in [5.41, 5.74) is 4.57. The summed E-state index contributed by atoms with van der Waals surface area (Å²) in [4.78, 5) is 12.1. The molecule has 0 aliphatic heterocycles. The van der Waals surface area contributed by atoms with Gasteiger partial charge in [0.2, 0.25) is 0 Å². The van der Waals surface area contributed by atoms with E-state index >= 15 is 0 Å². The van der Waals surface area contributed by atoms with Crippen LogP contribution in [0.3, 0.4) is 0 Å². The molecule has 0 aliphatic carbocycles. The molecule has 3 rings (SSSR count). The van der Waals surface area contributed by atoms with Crippen LogP contribution in [0.5, 0.6) is 0 Å². The second kappa shape index (κ2) is 5.22. The maximum atomic E-state index is 12.1. The van der Waals surface area contributed by atoms with E-state index in [2.05, 4.69) is 10.2 Å². The van der Waals surface area contributed by atoms with Gasteiger partial charge in [-0.15, -0.1) is 0 Å². The summed E-state index contributed by atoms with van der Waals surface area (Å²) in [6.07, 6.45) is 1.83. The summed E-state index contributed by atoms with van der Waals surface area (Å²) in [6, 6.07) is 10.6. The number of aromatic nitrogens is 3. The number of nitrogens with one attached hydrogen (secondary N) is 1. The number of pyridine rings is 1. The Morgan fingerprint density at radius 1 is 1.10 bits per heavy atom. The third-order valence-corrected chi connectivity index (χ3v) is 3.68. The summed E-state index contributed by atoms with van der Waals surface area (Å²) < 4.78 is 1.61. The second-order valence-electron chi connectivity index (χ2n) is 4.91. The van der Waals surface area contributed by atoms with Gasteiger partial charge in [0, 0.05) is 39.8 Å². The summed E-state index contributed by atoms with van der Waals surface area (Å²) in [5.74, 6) is 0. The van der Waals surface area contributed by atoms with Crippen LogP contribution in [-0.4, -0.2) is 14.8 Å². The zero-order valence-electron chi connectivity index (χ0n) is 11.7. The van der Waals surface area contributed by atoms with Gasteiger partial charge in [-0.25, -0.2) is 0 Å². The van der Waals surface area contributed by atoms with Crippen molar-refractivity contribution in [3.63, 3.8) is 0 Å². The highest BCUT2D eigenvalue weighted by Crippen LogP contribution is 2.24. The molecule has 5 heteroatoms. The van der Waals surface area contributed by atoms with Gasteiger partial charge in [-0.05, 0) is 44.2 Å². The molecule has 0 radical (unpaired) electrons. The molecule has 0 saturated heterocycles. The van der Waals surface area contributed by atoms with Crippen LogP contribution in [0.1, 0.15) is 11.4 Å². The van der Waals surface area contributed by atoms with E-state index < -0.39 is 0 Å². The van der Waals surface area contributed by atoms with Crippen LogP contribution < -0.4 is 5.56 Å². The van der Waals surface area contributed by atoms with Crippen molar-refractivity contribution in [3.8, 4) is 16.8 Å². The Hall–Kier alpha value is -2.33. The van der Waals surface area contributed by atoms with Crippen LogP contribution in [0.2, 0.25) is 5.02 Å². The van der Waals surface area contributed by atoms with Gasteiger partial charge in [0.05, 0.1) is 5.69 Å². The van der Waals surface area contributed by atoms with Crippen LogP contribution in [0, 0.1) is 13.8 Å². The van der Waals surface area contributed by atoms with Crippen molar-refractivity contribution in [1.82, 2.24) is 14.8 Å². The van der Waals surface area contributed by atoms with Crippen LogP contribution in [0.15, 0.2) is 47.4 Å². The minimum atomic E-state index is -0.0835. The van der Waals surface area contributed by atoms with Crippen molar-refractivity contribution in [1.29, 1.82) is 0 Å². The smallest absolute Gasteiger partial charge is 0.255 e. The highest BCUT2D eigenvalue weighted by atomic mass is 35.5. The first-order valence-electron chi connectivity index (χ1n) is 6.57. The first-order valence-corrected chi connectivity index (χ1v) is 6.94. The van der Waals surface area contributed by atoms with Crippen LogP contribution in [-0.2, 0) is 0 Å². The summed E-state index contributed by atoms with van der Waals surface area (Å²) in [6.45, 7) is 3.91. The number of aryl methyl sites for hydroxylation is 2. The van der Waals surface area contributed by atoms with Gasteiger partial charge in [0.15, 0.2) is 0 Å². The van der Waals surface area contributed by atoms with Crippen LogP contribution >= 0.6 is 11.6 Å². The Labute approximate surface area is 127 Å². The highest BCUT2D eigenvalue weighted by molar-refractivity contribution is 6.30. The number of hydrogen-bond donors (Lipinski definition) is 1. The van der Waals surface area contributed by atoms with Gasteiger partial charge >= 0.3 is 0 Å². The molecular weight excluding hydrogens is 286 g/mol. The van der Waals surface area contributed by atoms with Gasteiger partial charge < -0.3 is 0 Å². The van der Waals surface area contributed by atoms with Gasteiger partial charge in [0.25, 0.3) is 5.56 Å². The topological polar surface area (TPSA) is 50.7 Å². The molecule has 2 aromatic heterocycles. The average molecular weight is 300 g/mol. The quantitative estimate of drug-likeness (QED) is 0.787. The van der Waals surface area contributed by atoms with E-state index in [0.29, 0.717) is 5.02 Å². The number of aromatic amines is 1.